The van der Waals surface area contributed by atoms with E-state index in [9.17, 15) is 4.79 Å². The van der Waals surface area contributed by atoms with E-state index in [2.05, 4.69) is 19.1 Å². The Morgan fingerprint density at radius 1 is 1.44 bits per heavy atom. The Morgan fingerprint density at radius 3 is 2.83 bits per heavy atom. The molecule has 1 aromatic carbocycles. The van der Waals surface area contributed by atoms with E-state index in [1.807, 2.05) is 18.2 Å². The van der Waals surface area contributed by atoms with E-state index in [1.54, 1.807) is 6.08 Å². The zero-order valence-corrected chi connectivity index (χ0v) is 10.5. The Labute approximate surface area is 107 Å². The highest BCUT2D eigenvalue weighted by Gasteiger charge is 2.43. The first-order valence-corrected chi connectivity index (χ1v) is 6.28. The second-order valence-corrected chi connectivity index (χ2v) is 4.73. The summed E-state index contributed by atoms with van der Waals surface area (Å²) in [6.45, 7) is 2.15. The number of allylic oxidation sites excluding steroid dienone is 1. The van der Waals surface area contributed by atoms with Gasteiger partial charge >= 0.3 is 5.97 Å². The molecular weight excluding hydrogens is 228 g/mol. The van der Waals surface area contributed by atoms with Crippen molar-refractivity contribution in [2.24, 2.45) is 5.92 Å². The van der Waals surface area contributed by atoms with Gasteiger partial charge in [0.2, 0.25) is 0 Å². The molecule has 0 bridgehead atoms. The molecule has 0 spiro atoms. The molecule has 3 nitrogen and oxygen atoms in total. The second-order valence-electron chi connectivity index (χ2n) is 4.73. The first kappa shape index (κ1) is 12.8. The van der Waals surface area contributed by atoms with Crippen molar-refractivity contribution in [1.82, 2.24) is 0 Å². The van der Waals surface area contributed by atoms with E-state index in [0.29, 0.717) is 5.92 Å². The van der Waals surface area contributed by atoms with E-state index in [1.165, 1.54) is 11.6 Å². The largest absolute Gasteiger partial charge is 0.478 e. The smallest absolute Gasteiger partial charge is 0.327 e. The van der Waals surface area contributed by atoms with Gasteiger partial charge in [0, 0.05) is 6.08 Å². The standard InChI is InChI=1S/C15H18O3/c1-11(7-5-6-10-13(16)17)14-15(18-14)12-8-3-2-4-9-12/h2-4,6,8-11,14-15H,5,7H2,1H3,(H,16,17)/b10-6+. The molecule has 2 rings (SSSR count). The summed E-state index contributed by atoms with van der Waals surface area (Å²) in [6, 6.07) is 10.2. The van der Waals surface area contributed by atoms with Crippen molar-refractivity contribution in [3.05, 3.63) is 48.0 Å². The number of hydrogen-bond donors (Lipinski definition) is 1. The SMILES string of the molecule is CC(CC/C=C/C(=O)O)C1OC1c1ccccc1. The lowest BCUT2D eigenvalue weighted by molar-refractivity contribution is -0.131. The minimum absolute atomic E-state index is 0.227. The molecule has 3 unspecified atom stereocenters. The Hall–Kier alpha value is -1.61. The third-order valence-electron chi connectivity index (χ3n) is 3.26. The minimum Gasteiger partial charge on any atom is -0.478 e. The van der Waals surface area contributed by atoms with Gasteiger partial charge in [-0.25, -0.2) is 4.79 Å². The van der Waals surface area contributed by atoms with E-state index >= 15 is 0 Å². The maximum atomic E-state index is 10.3. The van der Waals surface area contributed by atoms with E-state index in [4.69, 9.17) is 9.84 Å². The predicted molar refractivity (Wildman–Crippen MR) is 69.2 cm³/mol. The monoisotopic (exact) mass is 246 g/mol. The van der Waals surface area contributed by atoms with Crippen LogP contribution in [-0.2, 0) is 9.53 Å². The normalized spacial score (nSPS) is 24.1. The molecule has 0 aliphatic carbocycles. The van der Waals surface area contributed by atoms with E-state index in [-0.39, 0.29) is 12.2 Å². The number of carboxylic acids is 1. The fourth-order valence-corrected chi connectivity index (χ4v) is 2.17. The van der Waals surface area contributed by atoms with Crippen molar-refractivity contribution >= 4 is 5.97 Å². The number of rotatable bonds is 6. The third kappa shape index (κ3) is 3.44. The summed E-state index contributed by atoms with van der Waals surface area (Å²) >= 11 is 0. The minimum atomic E-state index is -0.882. The molecule has 18 heavy (non-hydrogen) atoms. The second kappa shape index (κ2) is 5.83. The molecule has 0 saturated carbocycles. The third-order valence-corrected chi connectivity index (χ3v) is 3.26. The zero-order valence-electron chi connectivity index (χ0n) is 10.5. The van der Waals surface area contributed by atoms with Crippen LogP contribution in [-0.4, -0.2) is 17.2 Å². The number of aliphatic carboxylic acids is 1. The van der Waals surface area contributed by atoms with Gasteiger partial charge < -0.3 is 9.84 Å². The lowest BCUT2D eigenvalue weighted by atomic mass is 9.97. The van der Waals surface area contributed by atoms with Gasteiger partial charge in [-0.1, -0.05) is 43.3 Å². The van der Waals surface area contributed by atoms with Crippen molar-refractivity contribution in [2.45, 2.75) is 32.0 Å². The van der Waals surface area contributed by atoms with Crippen molar-refractivity contribution in [3.63, 3.8) is 0 Å². The number of hydrogen-bond acceptors (Lipinski definition) is 2. The van der Waals surface area contributed by atoms with Crippen LogP contribution in [0.25, 0.3) is 0 Å². The Bertz CT molecular complexity index is 425. The molecule has 0 radical (unpaired) electrons. The number of epoxide rings is 1. The molecule has 1 fully saturated rings. The molecule has 0 amide bonds. The van der Waals surface area contributed by atoms with Gasteiger partial charge in [0.1, 0.15) is 6.10 Å². The molecular formula is C15H18O3. The van der Waals surface area contributed by atoms with Crippen LogP contribution in [0.3, 0.4) is 0 Å². The van der Waals surface area contributed by atoms with Gasteiger partial charge in [0.05, 0.1) is 6.10 Å². The van der Waals surface area contributed by atoms with Gasteiger partial charge in [-0.15, -0.1) is 0 Å². The zero-order chi connectivity index (χ0) is 13.0. The lowest BCUT2D eigenvalue weighted by Gasteiger charge is -2.05. The van der Waals surface area contributed by atoms with Crippen molar-refractivity contribution < 1.29 is 14.6 Å². The van der Waals surface area contributed by atoms with Crippen LogP contribution in [0.15, 0.2) is 42.5 Å². The van der Waals surface area contributed by atoms with Gasteiger partial charge in [0.25, 0.3) is 0 Å². The molecule has 1 aromatic rings. The van der Waals surface area contributed by atoms with Crippen LogP contribution in [0.2, 0.25) is 0 Å². The molecule has 1 heterocycles. The molecule has 3 heteroatoms. The summed E-state index contributed by atoms with van der Waals surface area (Å²) in [6.07, 6.45) is 5.16. The van der Waals surface area contributed by atoms with Crippen LogP contribution in [0.5, 0.6) is 0 Å². The Balaban J connectivity index is 1.76. The highest BCUT2D eigenvalue weighted by Crippen LogP contribution is 2.44. The van der Waals surface area contributed by atoms with Crippen molar-refractivity contribution in [3.8, 4) is 0 Å². The van der Waals surface area contributed by atoms with Gasteiger partial charge in [0.15, 0.2) is 0 Å². The number of carboxylic acid groups (broad SMARTS) is 1. The van der Waals surface area contributed by atoms with Gasteiger partial charge in [-0.3, -0.25) is 0 Å². The molecule has 0 aromatic heterocycles. The van der Waals surface area contributed by atoms with Gasteiger partial charge in [-0.2, -0.15) is 0 Å². The van der Waals surface area contributed by atoms with Crippen LogP contribution < -0.4 is 0 Å². The Kier molecular flexibility index (Phi) is 4.15. The predicted octanol–water partition coefficient (Wildman–Crippen LogP) is 3.18. The summed E-state index contributed by atoms with van der Waals surface area (Å²) in [5, 5.41) is 8.48. The van der Waals surface area contributed by atoms with Crippen LogP contribution in [0.4, 0.5) is 0 Å². The molecule has 1 aliphatic heterocycles. The topological polar surface area (TPSA) is 49.8 Å². The quantitative estimate of drug-likeness (QED) is 0.619. The van der Waals surface area contributed by atoms with Gasteiger partial charge in [-0.05, 0) is 24.3 Å². The average molecular weight is 246 g/mol. The first-order chi connectivity index (χ1) is 8.68. The highest BCUT2D eigenvalue weighted by atomic mass is 16.6. The van der Waals surface area contributed by atoms with Crippen molar-refractivity contribution in [2.75, 3.05) is 0 Å². The summed E-state index contributed by atoms with van der Waals surface area (Å²) in [7, 11) is 0. The van der Waals surface area contributed by atoms with Crippen molar-refractivity contribution in [1.29, 1.82) is 0 Å². The average Bonchev–Trinajstić information content (AvgIpc) is 3.15. The number of ether oxygens (including phenoxy) is 1. The highest BCUT2D eigenvalue weighted by molar-refractivity contribution is 5.79. The maximum Gasteiger partial charge on any atom is 0.327 e. The summed E-state index contributed by atoms with van der Waals surface area (Å²) < 4.78 is 5.70. The van der Waals surface area contributed by atoms with Crippen LogP contribution in [0, 0.1) is 5.92 Å². The summed E-state index contributed by atoms with van der Waals surface area (Å²) in [5.74, 6) is -0.430. The molecule has 96 valence electrons. The summed E-state index contributed by atoms with van der Waals surface area (Å²) in [5.41, 5.74) is 1.23. The number of carbonyl (C=O) groups is 1. The maximum absolute atomic E-state index is 10.3. The lowest BCUT2D eigenvalue weighted by Crippen LogP contribution is -2.04. The molecule has 1 N–H and O–H groups in total. The Morgan fingerprint density at radius 2 is 2.17 bits per heavy atom. The molecule has 1 saturated heterocycles. The molecule has 1 aliphatic rings. The fraction of sp³-hybridized carbons (Fsp3) is 0.400. The summed E-state index contributed by atoms with van der Waals surface area (Å²) in [4.78, 5) is 10.3. The van der Waals surface area contributed by atoms with Crippen LogP contribution in [0.1, 0.15) is 31.4 Å². The fourth-order valence-electron chi connectivity index (χ4n) is 2.17. The van der Waals surface area contributed by atoms with Crippen LogP contribution >= 0.6 is 0 Å². The first-order valence-electron chi connectivity index (χ1n) is 6.28. The van der Waals surface area contributed by atoms with E-state index in [0.717, 1.165) is 12.8 Å². The van der Waals surface area contributed by atoms with E-state index < -0.39 is 5.97 Å². The number of benzene rings is 1. The molecule has 3 atom stereocenters.